The summed E-state index contributed by atoms with van der Waals surface area (Å²) in [6.45, 7) is 0. The van der Waals surface area contributed by atoms with Gasteiger partial charge in [0.15, 0.2) is 6.26 Å². The van der Waals surface area contributed by atoms with Gasteiger partial charge in [-0.2, -0.15) is 0 Å². The number of rotatable bonds is 6. The van der Waals surface area contributed by atoms with Gasteiger partial charge >= 0.3 is 11.9 Å². The summed E-state index contributed by atoms with van der Waals surface area (Å²) in [5.74, 6) is -4.42. The molecule has 0 aromatic rings. The molecule has 0 bridgehead atoms. The molecule has 0 heterocycles. The van der Waals surface area contributed by atoms with E-state index in [0.29, 0.717) is 6.26 Å². The normalized spacial score (nSPS) is 13.4. The fourth-order valence-corrected chi connectivity index (χ4v) is 0.819. The number of allylic oxidation sites excluding steroid dienone is 1. The van der Waals surface area contributed by atoms with Crippen LogP contribution >= 0.6 is 0 Å². The lowest BCUT2D eigenvalue weighted by molar-refractivity contribution is -0.189. The molecule has 0 aliphatic rings. The summed E-state index contributed by atoms with van der Waals surface area (Å²) >= 11 is 0. The Kier molecular flexibility index (Phi) is 5.08. The van der Waals surface area contributed by atoms with Gasteiger partial charge in [-0.15, -0.1) is 0 Å². The van der Waals surface area contributed by atoms with Gasteiger partial charge < -0.3 is 20.2 Å². The number of carbonyl (C=O) groups is 2. The zero-order valence-electron chi connectivity index (χ0n) is 7.08. The van der Waals surface area contributed by atoms with Gasteiger partial charge in [-0.05, 0) is 0 Å². The molecule has 0 fully saturated rings. The SMILES string of the molecule is O=C(O)CC(C/C(O)=C/OO)C(=O)O. The molecule has 7 nitrogen and oxygen atoms in total. The Morgan fingerprint density at radius 2 is 1.79 bits per heavy atom. The van der Waals surface area contributed by atoms with Crippen LogP contribution < -0.4 is 0 Å². The second-order valence-corrected chi connectivity index (χ2v) is 2.55. The number of aliphatic hydroxyl groups is 1. The number of aliphatic carboxylic acids is 2. The molecule has 7 heteroatoms. The zero-order chi connectivity index (χ0) is 11.1. The molecule has 80 valence electrons. The van der Waals surface area contributed by atoms with Crippen LogP contribution in [0.5, 0.6) is 0 Å². The van der Waals surface area contributed by atoms with Crippen LogP contribution in [0.25, 0.3) is 0 Å². The fraction of sp³-hybridized carbons (Fsp3) is 0.429. The highest BCUT2D eigenvalue weighted by Gasteiger charge is 2.22. The first-order valence-corrected chi connectivity index (χ1v) is 3.60. The van der Waals surface area contributed by atoms with Crippen LogP contribution in [0.1, 0.15) is 12.8 Å². The summed E-state index contributed by atoms with van der Waals surface area (Å²) in [7, 11) is 0. The molecular weight excluding hydrogens is 196 g/mol. The van der Waals surface area contributed by atoms with E-state index < -0.39 is 36.5 Å². The van der Waals surface area contributed by atoms with Gasteiger partial charge in [-0.1, -0.05) is 0 Å². The van der Waals surface area contributed by atoms with Crippen molar-refractivity contribution >= 4 is 11.9 Å². The predicted octanol–water partition coefficient (Wildman–Crippen LogP) is 0.441. The van der Waals surface area contributed by atoms with Gasteiger partial charge in [0.2, 0.25) is 0 Å². The van der Waals surface area contributed by atoms with Gasteiger partial charge in [-0.3, -0.25) is 9.59 Å². The highest BCUT2D eigenvalue weighted by Crippen LogP contribution is 2.14. The minimum atomic E-state index is -1.34. The molecule has 0 aromatic carbocycles. The lowest BCUT2D eigenvalue weighted by atomic mass is 10.0. The van der Waals surface area contributed by atoms with Crippen LogP contribution in [0.3, 0.4) is 0 Å². The average molecular weight is 206 g/mol. The molecule has 0 aliphatic heterocycles. The molecule has 0 amide bonds. The Labute approximate surface area is 78.8 Å². The number of carboxylic acids is 2. The number of aliphatic hydroxyl groups excluding tert-OH is 1. The molecular formula is C7H10O7. The minimum Gasteiger partial charge on any atom is -0.509 e. The molecule has 0 radical (unpaired) electrons. The lowest BCUT2D eigenvalue weighted by Crippen LogP contribution is -2.18. The second kappa shape index (κ2) is 5.81. The van der Waals surface area contributed by atoms with Crippen LogP contribution in [0.4, 0.5) is 0 Å². The Morgan fingerprint density at radius 3 is 2.14 bits per heavy atom. The van der Waals surface area contributed by atoms with Crippen molar-refractivity contribution in [2.24, 2.45) is 5.92 Å². The largest absolute Gasteiger partial charge is 0.509 e. The van der Waals surface area contributed by atoms with Crippen LogP contribution in [-0.2, 0) is 14.5 Å². The van der Waals surface area contributed by atoms with Gasteiger partial charge in [0.1, 0.15) is 5.76 Å². The van der Waals surface area contributed by atoms with Gasteiger partial charge in [-0.25, -0.2) is 5.26 Å². The predicted molar refractivity (Wildman–Crippen MR) is 42.4 cm³/mol. The molecule has 0 rings (SSSR count). The smallest absolute Gasteiger partial charge is 0.307 e. The molecule has 0 saturated heterocycles. The van der Waals surface area contributed by atoms with Crippen molar-refractivity contribution < 1.29 is 35.1 Å². The van der Waals surface area contributed by atoms with Crippen molar-refractivity contribution in [1.82, 2.24) is 0 Å². The highest BCUT2D eigenvalue weighted by atomic mass is 17.1. The third-order valence-electron chi connectivity index (χ3n) is 1.41. The molecule has 1 atom stereocenters. The van der Waals surface area contributed by atoms with E-state index in [-0.39, 0.29) is 0 Å². The van der Waals surface area contributed by atoms with E-state index >= 15 is 0 Å². The van der Waals surface area contributed by atoms with Crippen molar-refractivity contribution in [3.63, 3.8) is 0 Å². The fourth-order valence-electron chi connectivity index (χ4n) is 0.819. The lowest BCUT2D eigenvalue weighted by Gasteiger charge is -2.07. The van der Waals surface area contributed by atoms with Crippen molar-refractivity contribution in [3.05, 3.63) is 12.0 Å². The quantitative estimate of drug-likeness (QED) is 0.282. The topological polar surface area (TPSA) is 124 Å². The maximum Gasteiger partial charge on any atom is 0.307 e. The number of hydrogen-bond donors (Lipinski definition) is 4. The monoisotopic (exact) mass is 206 g/mol. The summed E-state index contributed by atoms with van der Waals surface area (Å²) in [5, 5.41) is 33.6. The van der Waals surface area contributed by atoms with Crippen LogP contribution in [0.2, 0.25) is 0 Å². The van der Waals surface area contributed by atoms with E-state index in [1.54, 1.807) is 0 Å². The van der Waals surface area contributed by atoms with Crippen molar-refractivity contribution in [1.29, 1.82) is 0 Å². The molecule has 0 spiro atoms. The first kappa shape index (κ1) is 12.2. The molecule has 4 N–H and O–H groups in total. The van der Waals surface area contributed by atoms with E-state index in [9.17, 15) is 9.59 Å². The minimum absolute atomic E-state index is 0.414. The van der Waals surface area contributed by atoms with Crippen molar-refractivity contribution in [2.75, 3.05) is 0 Å². The van der Waals surface area contributed by atoms with Gasteiger partial charge in [0.05, 0.1) is 12.3 Å². The van der Waals surface area contributed by atoms with Gasteiger partial charge in [0, 0.05) is 6.42 Å². The average Bonchev–Trinajstić information content (AvgIpc) is 2.02. The Bertz CT molecular complexity index is 244. The second-order valence-electron chi connectivity index (χ2n) is 2.55. The Morgan fingerprint density at radius 1 is 1.21 bits per heavy atom. The zero-order valence-corrected chi connectivity index (χ0v) is 7.08. The third-order valence-corrected chi connectivity index (χ3v) is 1.41. The first-order valence-electron chi connectivity index (χ1n) is 3.60. The molecule has 14 heavy (non-hydrogen) atoms. The standard InChI is InChI=1S/C7H10O7/c8-5(3-14-13)1-4(7(11)12)2-6(9)10/h3-4,8,13H,1-2H2,(H,9,10)(H,11,12)/b5-3-. The van der Waals surface area contributed by atoms with E-state index in [1.165, 1.54) is 0 Å². The highest BCUT2D eigenvalue weighted by molar-refractivity contribution is 5.77. The third kappa shape index (κ3) is 4.99. The summed E-state index contributed by atoms with van der Waals surface area (Å²) in [6.07, 6.45) is -0.501. The Balaban J connectivity index is 4.30. The summed E-state index contributed by atoms with van der Waals surface area (Å²) in [4.78, 5) is 24.1. The maximum atomic E-state index is 10.5. The summed E-state index contributed by atoms with van der Waals surface area (Å²) in [5.41, 5.74) is 0. The van der Waals surface area contributed by atoms with Gasteiger partial charge in [0.25, 0.3) is 0 Å². The molecule has 0 saturated carbocycles. The van der Waals surface area contributed by atoms with Crippen LogP contribution in [0, 0.1) is 5.92 Å². The first-order chi connectivity index (χ1) is 6.47. The molecule has 0 aliphatic carbocycles. The van der Waals surface area contributed by atoms with E-state index in [2.05, 4.69) is 4.89 Å². The van der Waals surface area contributed by atoms with E-state index in [0.717, 1.165) is 0 Å². The van der Waals surface area contributed by atoms with E-state index in [1.807, 2.05) is 0 Å². The van der Waals surface area contributed by atoms with Crippen LogP contribution in [0.15, 0.2) is 12.0 Å². The maximum absolute atomic E-state index is 10.5. The number of hydrogen-bond acceptors (Lipinski definition) is 5. The number of carboxylic acid groups (broad SMARTS) is 2. The summed E-state index contributed by atoms with van der Waals surface area (Å²) in [6, 6.07) is 0. The Hall–Kier alpha value is -1.76. The molecule has 0 aromatic heterocycles. The summed E-state index contributed by atoms with van der Waals surface area (Å²) < 4.78 is 0. The van der Waals surface area contributed by atoms with Crippen LogP contribution in [-0.4, -0.2) is 32.5 Å². The van der Waals surface area contributed by atoms with E-state index in [4.69, 9.17) is 20.6 Å². The molecule has 1 unspecified atom stereocenters. The van der Waals surface area contributed by atoms with Crippen molar-refractivity contribution in [3.8, 4) is 0 Å². The van der Waals surface area contributed by atoms with Crippen molar-refractivity contribution in [2.45, 2.75) is 12.8 Å².